The smallest absolute Gasteiger partial charge is 0.339 e. The first-order valence-corrected chi connectivity index (χ1v) is 15.8. The quantitative estimate of drug-likeness (QED) is 0.283. The van der Waals surface area contributed by atoms with Crippen molar-refractivity contribution in [2.75, 3.05) is 18.0 Å². The number of sulfonamides is 1. The second-order valence-corrected chi connectivity index (χ2v) is 12.6. The highest BCUT2D eigenvalue weighted by Gasteiger charge is 2.47. The molecule has 238 valence electrons. The molecule has 2 aliphatic heterocycles. The van der Waals surface area contributed by atoms with Gasteiger partial charge in [0.15, 0.2) is 0 Å². The molecule has 0 aliphatic carbocycles. The summed E-state index contributed by atoms with van der Waals surface area (Å²) in [5, 5.41) is 8.54. The fraction of sp³-hybridized carbons (Fsp3) is 0.219. The number of amides is 2. The summed E-state index contributed by atoms with van der Waals surface area (Å²) in [4.78, 5) is 29.2. The van der Waals surface area contributed by atoms with E-state index in [4.69, 9.17) is 5.10 Å². The van der Waals surface area contributed by atoms with Gasteiger partial charge < -0.3 is 5.32 Å². The lowest BCUT2D eigenvalue weighted by Gasteiger charge is -2.38. The molecule has 14 heteroatoms. The largest absolute Gasteiger partial charge is 0.416 e. The summed E-state index contributed by atoms with van der Waals surface area (Å²) in [6, 6.07) is 16.6. The van der Waals surface area contributed by atoms with Crippen LogP contribution in [0.3, 0.4) is 0 Å². The van der Waals surface area contributed by atoms with Gasteiger partial charge in [0.2, 0.25) is 10.0 Å². The Kier molecular flexibility index (Phi) is 8.02. The summed E-state index contributed by atoms with van der Waals surface area (Å²) >= 11 is 0. The van der Waals surface area contributed by atoms with Crippen molar-refractivity contribution in [3.05, 3.63) is 124 Å². The van der Waals surface area contributed by atoms with Gasteiger partial charge in [-0.15, -0.1) is 0 Å². The van der Waals surface area contributed by atoms with Crippen molar-refractivity contribution in [2.24, 2.45) is 0 Å². The monoisotopic (exact) mass is 653 g/mol. The Balaban J connectivity index is 1.54. The van der Waals surface area contributed by atoms with Crippen molar-refractivity contribution >= 4 is 27.7 Å². The number of likely N-dealkylation sites (N-methyl/N-ethyl adjacent to an activating group) is 1. The number of anilines is 1. The van der Waals surface area contributed by atoms with Crippen LogP contribution in [0, 0.1) is 5.82 Å². The first-order chi connectivity index (χ1) is 21.9. The van der Waals surface area contributed by atoms with Gasteiger partial charge in [-0.25, -0.2) is 17.5 Å². The van der Waals surface area contributed by atoms with E-state index in [0.29, 0.717) is 28.7 Å². The molecular weight excluding hydrogens is 626 g/mol. The molecule has 0 fully saturated rings. The van der Waals surface area contributed by atoms with Gasteiger partial charge in [-0.2, -0.15) is 22.6 Å². The van der Waals surface area contributed by atoms with Crippen LogP contribution in [-0.4, -0.2) is 53.4 Å². The zero-order valence-electron chi connectivity index (χ0n) is 24.3. The maximum absolute atomic E-state index is 14.3. The minimum absolute atomic E-state index is 0.0860. The fourth-order valence-electron chi connectivity index (χ4n) is 5.83. The number of rotatable bonds is 7. The highest BCUT2D eigenvalue weighted by Crippen LogP contribution is 2.44. The van der Waals surface area contributed by atoms with E-state index >= 15 is 0 Å². The number of para-hydroxylation sites is 1. The second-order valence-electron chi connectivity index (χ2n) is 10.8. The summed E-state index contributed by atoms with van der Waals surface area (Å²) in [6.45, 7) is 1.72. The van der Waals surface area contributed by atoms with Crippen LogP contribution in [0.4, 0.5) is 23.4 Å². The number of nitrogens with zero attached hydrogens (tertiary/aromatic N) is 4. The number of nitrogens with one attached hydrogen (secondary N) is 1. The third-order valence-electron chi connectivity index (χ3n) is 7.95. The summed E-state index contributed by atoms with van der Waals surface area (Å²) in [7, 11) is -3.76. The minimum Gasteiger partial charge on any atom is -0.339 e. The number of benzene rings is 3. The second kappa shape index (κ2) is 11.8. The predicted octanol–water partition coefficient (Wildman–Crippen LogP) is 4.99. The Labute approximate surface area is 261 Å². The first kappa shape index (κ1) is 31.2. The van der Waals surface area contributed by atoms with Gasteiger partial charge in [0.05, 0.1) is 23.5 Å². The van der Waals surface area contributed by atoms with E-state index in [-0.39, 0.29) is 30.9 Å². The van der Waals surface area contributed by atoms with Crippen LogP contribution >= 0.6 is 0 Å². The molecule has 0 saturated carbocycles. The van der Waals surface area contributed by atoms with Gasteiger partial charge in [-0.3, -0.25) is 14.5 Å². The molecule has 0 unspecified atom stereocenters. The van der Waals surface area contributed by atoms with Crippen LogP contribution in [0.25, 0.3) is 5.69 Å². The Bertz CT molecular complexity index is 1940. The van der Waals surface area contributed by atoms with Crippen LogP contribution in [0.1, 0.15) is 45.6 Å². The molecule has 1 N–H and O–H groups in total. The number of aromatic nitrogens is 2. The first-order valence-electron chi connectivity index (χ1n) is 14.3. The number of halogens is 4. The van der Waals surface area contributed by atoms with Crippen molar-refractivity contribution in [1.82, 2.24) is 19.4 Å². The molecule has 1 aromatic heterocycles. The van der Waals surface area contributed by atoms with Crippen molar-refractivity contribution in [2.45, 2.75) is 31.6 Å². The maximum atomic E-state index is 14.3. The van der Waals surface area contributed by atoms with Gasteiger partial charge in [0.25, 0.3) is 11.8 Å². The summed E-state index contributed by atoms with van der Waals surface area (Å²) < 4.78 is 82.8. The van der Waals surface area contributed by atoms with Crippen LogP contribution < -0.4 is 10.2 Å². The molecule has 4 aromatic rings. The van der Waals surface area contributed by atoms with Gasteiger partial charge >= 0.3 is 6.18 Å². The van der Waals surface area contributed by atoms with Gasteiger partial charge in [0, 0.05) is 35.5 Å². The molecule has 2 aliphatic rings. The van der Waals surface area contributed by atoms with Crippen LogP contribution in [0.15, 0.2) is 90.3 Å². The lowest BCUT2D eigenvalue weighted by atomic mass is 9.80. The average molecular weight is 654 g/mol. The van der Waals surface area contributed by atoms with E-state index < -0.39 is 51.4 Å². The molecule has 3 heterocycles. The molecule has 2 atom stereocenters. The van der Waals surface area contributed by atoms with Crippen LogP contribution in [0.5, 0.6) is 0 Å². The number of alkyl halides is 3. The predicted molar refractivity (Wildman–Crippen MR) is 161 cm³/mol. The summed E-state index contributed by atoms with van der Waals surface area (Å²) in [5.74, 6) is -2.76. The molecule has 46 heavy (non-hydrogen) atoms. The summed E-state index contributed by atoms with van der Waals surface area (Å²) in [6.07, 6.45) is -3.21. The van der Waals surface area contributed by atoms with Gasteiger partial charge in [0.1, 0.15) is 17.7 Å². The topological polar surface area (TPSA) is 105 Å². The zero-order valence-corrected chi connectivity index (χ0v) is 25.1. The lowest BCUT2D eigenvalue weighted by molar-refractivity contribution is -0.137. The minimum atomic E-state index is -4.70. The average Bonchev–Trinajstić information content (AvgIpc) is 3.57. The molecule has 2 amide bonds. The van der Waals surface area contributed by atoms with Gasteiger partial charge in [-0.1, -0.05) is 42.5 Å². The van der Waals surface area contributed by atoms with E-state index in [1.807, 2.05) is 0 Å². The molecule has 9 nitrogen and oxygen atoms in total. The molecule has 6 rings (SSSR count). The van der Waals surface area contributed by atoms with Crippen LogP contribution in [0.2, 0.25) is 0 Å². The number of hydrogen-bond donors (Lipinski definition) is 1. The van der Waals surface area contributed by atoms with E-state index in [1.54, 1.807) is 37.3 Å². The number of fused-ring (bicyclic) bond motifs is 1. The number of carbonyl (C=O) groups excluding carboxylic acids is 2. The van der Waals surface area contributed by atoms with E-state index in [2.05, 4.69) is 5.32 Å². The Morgan fingerprint density at radius 1 is 1.02 bits per heavy atom. The maximum Gasteiger partial charge on any atom is 0.416 e. The third kappa shape index (κ3) is 5.69. The highest BCUT2D eigenvalue weighted by molar-refractivity contribution is 7.92. The third-order valence-corrected chi connectivity index (χ3v) is 9.49. The molecule has 0 bridgehead atoms. The van der Waals surface area contributed by atoms with Crippen molar-refractivity contribution in [1.29, 1.82) is 0 Å². The normalized spacial score (nSPS) is 19.3. The summed E-state index contributed by atoms with van der Waals surface area (Å²) in [5.41, 5.74) is 0.316. The van der Waals surface area contributed by atoms with E-state index in [9.17, 15) is 35.6 Å². The molecule has 0 saturated heterocycles. The SMILES string of the molecule is CCN1C(=O)[C@@H](NC(=O)c2cccc(C(F)(F)F)c2)[C@@H](c2ccc(F)cc2)c2c(CN3CC=CS3(=O)=O)nn(-c3ccccc3)c21. The fourth-order valence-corrected chi connectivity index (χ4v) is 6.92. The standard InChI is InChI=1S/C32H27F4N5O4S/c1-2-40-30-27(25(19-39-16-7-17-46(39,44)45)38-41(30)24-10-4-3-5-11-24)26(20-12-14-23(33)15-13-20)28(31(40)43)37-29(42)21-8-6-9-22(18-21)32(34,35)36/h3-15,17-18,26,28H,2,16,19H2,1H3,(H,37,42)/t26-,28-/m0/s1. The van der Waals surface area contributed by atoms with E-state index in [0.717, 1.165) is 17.5 Å². The molecule has 0 spiro atoms. The molecule has 3 aromatic carbocycles. The highest BCUT2D eigenvalue weighted by atomic mass is 32.2. The Morgan fingerprint density at radius 2 is 1.74 bits per heavy atom. The van der Waals surface area contributed by atoms with Crippen molar-refractivity contribution in [3.8, 4) is 5.69 Å². The van der Waals surface area contributed by atoms with E-state index in [1.165, 1.54) is 50.3 Å². The lowest BCUT2D eigenvalue weighted by Crippen LogP contribution is -2.55. The van der Waals surface area contributed by atoms with Crippen molar-refractivity contribution < 1.29 is 35.6 Å². The van der Waals surface area contributed by atoms with Crippen molar-refractivity contribution in [3.63, 3.8) is 0 Å². The zero-order chi connectivity index (χ0) is 32.8. The molecular formula is C32H27F4N5O4S. The number of hydrogen-bond acceptors (Lipinski definition) is 5. The molecule has 0 radical (unpaired) electrons. The Hall–Kier alpha value is -4.82. The number of carbonyl (C=O) groups is 2. The van der Waals surface area contributed by atoms with Crippen LogP contribution in [-0.2, 0) is 27.5 Å². The van der Waals surface area contributed by atoms with Gasteiger partial charge in [-0.05, 0) is 55.0 Å². The Morgan fingerprint density at radius 3 is 2.37 bits per heavy atom.